The minimum atomic E-state index is -3.77. The summed E-state index contributed by atoms with van der Waals surface area (Å²) in [5.41, 5.74) is 5.46. The molecule has 0 saturated carbocycles. The third-order valence-electron chi connectivity index (χ3n) is 3.39. The zero-order valence-electron chi connectivity index (χ0n) is 11.0. The molecule has 7 nitrogen and oxygen atoms in total. The van der Waals surface area contributed by atoms with E-state index in [2.05, 4.69) is 0 Å². The lowest BCUT2D eigenvalue weighted by atomic mass is 10.2. The smallest absolute Gasteiger partial charge is 0.270 e. The standard InChI is InChI=1S/C12H17N3O4S/c13-11-6-5-10(15(16)17)9-12(11)20(18,19)14-7-3-1-2-4-8-14/h5-6,9H,1-4,7-8,13H2. The van der Waals surface area contributed by atoms with Gasteiger partial charge in [-0.05, 0) is 18.9 Å². The summed E-state index contributed by atoms with van der Waals surface area (Å²) in [5, 5.41) is 10.8. The summed E-state index contributed by atoms with van der Waals surface area (Å²) < 4.78 is 26.5. The topological polar surface area (TPSA) is 107 Å². The number of nitro groups is 1. The van der Waals surface area contributed by atoms with Crippen LogP contribution in [0.25, 0.3) is 0 Å². The van der Waals surface area contributed by atoms with Gasteiger partial charge in [0, 0.05) is 25.2 Å². The molecule has 1 aliphatic heterocycles. The van der Waals surface area contributed by atoms with Crippen molar-refractivity contribution >= 4 is 21.4 Å². The van der Waals surface area contributed by atoms with Crippen LogP contribution in [0.4, 0.5) is 11.4 Å². The van der Waals surface area contributed by atoms with E-state index in [0.717, 1.165) is 31.7 Å². The molecule has 1 aromatic carbocycles. The van der Waals surface area contributed by atoms with E-state index < -0.39 is 14.9 Å². The molecule has 2 rings (SSSR count). The molecule has 2 N–H and O–H groups in total. The number of sulfonamides is 1. The maximum Gasteiger partial charge on any atom is 0.270 e. The number of hydrogen-bond acceptors (Lipinski definition) is 5. The molecular weight excluding hydrogens is 282 g/mol. The molecule has 0 aliphatic carbocycles. The maximum absolute atomic E-state index is 12.6. The zero-order valence-corrected chi connectivity index (χ0v) is 11.8. The van der Waals surface area contributed by atoms with Crippen LogP contribution in [0.3, 0.4) is 0 Å². The van der Waals surface area contributed by atoms with Crippen LogP contribution in [0.5, 0.6) is 0 Å². The number of benzene rings is 1. The van der Waals surface area contributed by atoms with E-state index in [1.165, 1.54) is 16.4 Å². The number of nitrogens with zero attached hydrogens (tertiary/aromatic N) is 2. The summed E-state index contributed by atoms with van der Waals surface area (Å²) in [4.78, 5) is 9.98. The Kier molecular flexibility index (Phi) is 4.24. The number of nitrogens with two attached hydrogens (primary N) is 1. The van der Waals surface area contributed by atoms with Crippen molar-refractivity contribution in [2.45, 2.75) is 30.6 Å². The number of rotatable bonds is 3. The van der Waals surface area contributed by atoms with Crippen LogP contribution in [0, 0.1) is 10.1 Å². The average molecular weight is 299 g/mol. The molecule has 0 spiro atoms. The third-order valence-corrected chi connectivity index (χ3v) is 5.35. The monoisotopic (exact) mass is 299 g/mol. The van der Waals surface area contributed by atoms with Crippen LogP contribution in [0.2, 0.25) is 0 Å². The van der Waals surface area contributed by atoms with Gasteiger partial charge in [0.25, 0.3) is 5.69 Å². The Morgan fingerprint density at radius 2 is 1.75 bits per heavy atom. The Hall–Kier alpha value is -1.67. The van der Waals surface area contributed by atoms with E-state index in [0.29, 0.717) is 13.1 Å². The summed E-state index contributed by atoms with van der Waals surface area (Å²) in [6, 6.07) is 3.51. The molecule has 0 bridgehead atoms. The summed E-state index contributed by atoms with van der Waals surface area (Å²) in [5.74, 6) is 0. The van der Waals surface area contributed by atoms with Gasteiger partial charge in [0.15, 0.2) is 0 Å². The second-order valence-corrected chi connectivity index (χ2v) is 6.70. The molecule has 0 unspecified atom stereocenters. The number of anilines is 1. The summed E-state index contributed by atoms with van der Waals surface area (Å²) in [7, 11) is -3.77. The van der Waals surface area contributed by atoms with Crippen molar-refractivity contribution in [3.05, 3.63) is 28.3 Å². The average Bonchev–Trinajstić information content (AvgIpc) is 2.68. The van der Waals surface area contributed by atoms with Gasteiger partial charge in [-0.1, -0.05) is 12.8 Å². The van der Waals surface area contributed by atoms with Gasteiger partial charge in [0.1, 0.15) is 4.90 Å². The van der Waals surface area contributed by atoms with Crippen molar-refractivity contribution in [2.75, 3.05) is 18.8 Å². The van der Waals surface area contributed by atoms with Gasteiger partial charge in [0.05, 0.1) is 10.6 Å². The molecule has 8 heteroatoms. The van der Waals surface area contributed by atoms with E-state index in [4.69, 9.17) is 5.73 Å². The third kappa shape index (κ3) is 2.91. The van der Waals surface area contributed by atoms with Gasteiger partial charge in [-0.2, -0.15) is 4.31 Å². The van der Waals surface area contributed by atoms with Crippen LogP contribution in [-0.4, -0.2) is 30.7 Å². The lowest BCUT2D eigenvalue weighted by molar-refractivity contribution is -0.385. The lowest BCUT2D eigenvalue weighted by Gasteiger charge is -2.20. The lowest BCUT2D eigenvalue weighted by Crippen LogP contribution is -2.32. The van der Waals surface area contributed by atoms with E-state index in [-0.39, 0.29) is 16.3 Å². The second-order valence-electron chi connectivity index (χ2n) is 4.80. The Morgan fingerprint density at radius 3 is 2.30 bits per heavy atom. The number of nitrogen functional groups attached to an aromatic ring is 1. The first-order valence-electron chi connectivity index (χ1n) is 6.47. The summed E-state index contributed by atoms with van der Waals surface area (Å²) >= 11 is 0. The van der Waals surface area contributed by atoms with Gasteiger partial charge in [-0.15, -0.1) is 0 Å². The molecule has 1 fully saturated rings. The van der Waals surface area contributed by atoms with Gasteiger partial charge in [-0.25, -0.2) is 8.42 Å². The van der Waals surface area contributed by atoms with Crippen molar-refractivity contribution in [3.63, 3.8) is 0 Å². The number of nitro benzene ring substituents is 1. The van der Waals surface area contributed by atoms with Crippen LogP contribution < -0.4 is 5.73 Å². The van der Waals surface area contributed by atoms with Crippen molar-refractivity contribution in [1.82, 2.24) is 4.31 Å². The first-order chi connectivity index (χ1) is 9.43. The van der Waals surface area contributed by atoms with Gasteiger partial charge in [-0.3, -0.25) is 10.1 Å². The fourth-order valence-electron chi connectivity index (χ4n) is 2.28. The molecule has 1 heterocycles. The molecule has 1 aromatic rings. The SMILES string of the molecule is Nc1ccc([N+](=O)[O-])cc1S(=O)(=O)N1CCCCCC1. The predicted molar refractivity (Wildman–Crippen MR) is 74.7 cm³/mol. The molecule has 0 aromatic heterocycles. The quantitative estimate of drug-likeness (QED) is 0.519. The highest BCUT2D eigenvalue weighted by atomic mass is 32.2. The minimum absolute atomic E-state index is 0.0415. The van der Waals surface area contributed by atoms with E-state index in [1.54, 1.807) is 0 Å². The molecule has 1 saturated heterocycles. The normalized spacial score (nSPS) is 17.6. The van der Waals surface area contributed by atoms with Crippen LogP contribution >= 0.6 is 0 Å². The summed E-state index contributed by atoms with van der Waals surface area (Å²) in [6.07, 6.45) is 3.59. The molecule has 20 heavy (non-hydrogen) atoms. The van der Waals surface area contributed by atoms with Crippen molar-refractivity contribution < 1.29 is 13.3 Å². The Labute approximate surface area is 117 Å². The zero-order chi connectivity index (χ0) is 14.8. The fourth-order valence-corrected chi connectivity index (χ4v) is 3.93. The number of non-ortho nitro benzene ring substituents is 1. The Morgan fingerprint density at radius 1 is 1.15 bits per heavy atom. The van der Waals surface area contributed by atoms with Crippen molar-refractivity contribution in [3.8, 4) is 0 Å². The Bertz CT molecular complexity index is 607. The largest absolute Gasteiger partial charge is 0.398 e. The second kappa shape index (κ2) is 5.76. The molecule has 1 aliphatic rings. The first kappa shape index (κ1) is 14.7. The van der Waals surface area contributed by atoms with Crippen molar-refractivity contribution in [2.24, 2.45) is 0 Å². The predicted octanol–water partition coefficient (Wildman–Crippen LogP) is 1.74. The van der Waals surface area contributed by atoms with Crippen LogP contribution in [-0.2, 0) is 10.0 Å². The van der Waals surface area contributed by atoms with Gasteiger partial charge < -0.3 is 5.73 Å². The molecule has 0 amide bonds. The first-order valence-corrected chi connectivity index (χ1v) is 7.91. The highest BCUT2D eigenvalue weighted by Crippen LogP contribution is 2.28. The highest BCUT2D eigenvalue weighted by molar-refractivity contribution is 7.89. The van der Waals surface area contributed by atoms with E-state index >= 15 is 0 Å². The molecular formula is C12H17N3O4S. The maximum atomic E-state index is 12.6. The summed E-state index contributed by atoms with van der Waals surface area (Å²) in [6.45, 7) is 0.870. The van der Waals surface area contributed by atoms with Crippen LogP contribution in [0.15, 0.2) is 23.1 Å². The van der Waals surface area contributed by atoms with Crippen molar-refractivity contribution in [1.29, 1.82) is 0 Å². The van der Waals surface area contributed by atoms with Gasteiger partial charge >= 0.3 is 0 Å². The fraction of sp³-hybridized carbons (Fsp3) is 0.500. The molecule has 110 valence electrons. The van der Waals surface area contributed by atoms with E-state index in [9.17, 15) is 18.5 Å². The number of hydrogen-bond donors (Lipinski definition) is 1. The van der Waals surface area contributed by atoms with Gasteiger partial charge in [0.2, 0.25) is 10.0 Å². The highest BCUT2D eigenvalue weighted by Gasteiger charge is 2.28. The minimum Gasteiger partial charge on any atom is -0.398 e. The molecule has 0 radical (unpaired) electrons. The van der Waals surface area contributed by atoms with Crippen LogP contribution in [0.1, 0.15) is 25.7 Å². The Balaban J connectivity index is 2.42. The van der Waals surface area contributed by atoms with E-state index in [1.807, 2.05) is 0 Å². The molecule has 0 atom stereocenters.